The van der Waals surface area contributed by atoms with Gasteiger partial charge in [-0.2, -0.15) is 0 Å². The molecule has 0 bridgehead atoms. The molecular formula is C9H13ClO. The van der Waals surface area contributed by atoms with Crippen molar-refractivity contribution in [3.05, 3.63) is 22.8 Å². The molecular weight excluding hydrogens is 160 g/mol. The van der Waals surface area contributed by atoms with Gasteiger partial charge in [0.25, 0.3) is 0 Å². The van der Waals surface area contributed by atoms with Crippen molar-refractivity contribution in [2.75, 3.05) is 6.61 Å². The summed E-state index contributed by atoms with van der Waals surface area (Å²) in [6.07, 6.45) is 7.95. The Hall–Kier alpha value is -0.270. The van der Waals surface area contributed by atoms with Crippen LogP contribution in [0.2, 0.25) is 0 Å². The van der Waals surface area contributed by atoms with Crippen LogP contribution in [-0.4, -0.2) is 11.7 Å². The first-order valence-electron chi connectivity index (χ1n) is 3.98. The molecule has 0 aliphatic heterocycles. The van der Waals surface area contributed by atoms with Crippen molar-refractivity contribution in [3.8, 4) is 0 Å². The van der Waals surface area contributed by atoms with Crippen LogP contribution in [-0.2, 0) is 0 Å². The zero-order chi connectivity index (χ0) is 8.10. The van der Waals surface area contributed by atoms with Gasteiger partial charge in [-0.1, -0.05) is 23.3 Å². The van der Waals surface area contributed by atoms with Gasteiger partial charge in [0.1, 0.15) is 0 Å². The predicted octanol–water partition coefficient (Wildman–Crippen LogP) is 2.60. The molecule has 0 unspecified atom stereocenters. The maximum Gasteiger partial charge on any atom is 0.0434 e. The third-order valence-corrected chi connectivity index (χ3v) is 2.16. The number of aliphatic hydroxyl groups is 1. The lowest BCUT2D eigenvalue weighted by atomic mass is 10.0. The summed E-state index contributed by atoms with van der Waals surface area (Å²) in [5.41, 5.74) is 1.41. The van der Waals surface area contributed by atoms with E-state index in [9.17, 15) is 0 Å². The Morgan fingerprint density at radius 2 is 2.18 bits per heavy atom. The van der Waals surface area contributed by atoms with Gasteiger partial charge in [-0.3, -0.25) is 0 Å². The lowest BCUT2D eigenvalue weighted by Gasteiger charge is -2.09. The number of hydrogen-bond acceptors (Lipinski definition) is 1. The van der Waals surface area contributed by atoms with E-state index < -0.39 is 0 Å². The summed E-state index contributed by atoms with van der Waals surface area (Å²) in [6.45, 7) is 0.286. The van der Waals surface area contributed by atoms with Crippen molar-refractivity contribution in [1.82, 2.24) is 0 Å². The van der Waals surface area contributed by atoms with E-state index in [1.54, 1.807) is 0 Å². The molecule has 0 aromatic heterocycles. The molecule has 1 nitrogen and oxygen atoms in total. The minimum absolute atomic E-state index is 0.286. The number of aliphatic hydroxyl groups excluding tert-OH is 1. The molecule has 0 amide bonds. The second-order valence-electron chi connectivity index (χ2n) is 2.77. The van der Waals surface area contributed by atoms with E-state index >= 15 is 0 Å². The zero-order valence-electron chi connectivity index (χ0n) is 6.52. The quantitative estimate of drug-likeness (QED) is 0.694. The highest BCUT2D eigenvalue weighted by atomic mass is 35.5. The van der Waals surface area contributed by atoms with Crippen LogP contribution >= 0.6 is 11.6 Å². The third kappa shape index (κ3) is 3.08. The van der Waals surface area contributed by atoms with Gasteiger partial charge < -0.3 is 5.11 Å². The molecule has 1 rings (SSSR count). The van der Waals surface area contributed by atoms with E-state index in [-0.39, 0.29) is 6.61 Å². The van der Waals surface area contributed by atoms with Crippen molar-refractivity contribution in [3.63, 3.8) is 0 Å². The van der Waals surface area contributed by atoms with Crippen molar-refractivity contribution < 1.29 is 5.11 Å². The van der Waals surface area contributed by atoms with E-state index in [2.05, 4.69) is 6.08 Å². The van der Waals surface area contributed by atoms with Crippen molar-refractivity contribution in [1.29, 1.82) is 0 Å². The zero-order valence-corrected chi connectivity index (χ0v) is 7.27. The Morgan fingerprint density at radius 3 is 2.73 bits per heavy atom. The summed E-state index contributed by atoms with van der Waals surface area (Å²) in [5.74, 6) is 0. The van der Waals surface area contributed by atoms with Crippen LogP contribution in [0.3, 0.4) is 0 Å². The third-order valence-electron chi connectivity index (χ3n) is 1.84. The normalized spacial score (nSPS) is 17.6. The second-order valence-corrected chi connectivity index (χ2v) is 3.25. The molecule has 0 aromatic carbocycles. The predicted molar refractivity (Wildman–Crippen MR) is 47.6 cm³/mol. The average molecular weight is 173 g/mol. The molecule has 0 spiro atoms. The summed E-state index contributed by atoms with van der Waals surface area (Å²) in [4.78, 5) is 0. The molecule has 1 aliphatic rings. The lowest BCUT2D eigenvalue weighted by Crippen LogP contribution is -1.92. The molecule has 1 N–H and O–H groups in total. The van der Waals surface area contributed by atoms with Crippen LogP contribution in [0.15, 0.2) is 22.8 Å². The number of rotatable bonds is 3. The first-order chi connectivity index (χ1) is 5.33. The van der Waals surface area contributed by atoms with Crippen LogP contribution in [0.5, 0.6) is 0 Å². The minimum atomic E-state index is 0.286. The first-order valence-corrected chi connectivity index (χ1v) is 4.35. The molecule has 11 heavy (non-hydrogen) atoms. The Morgan fingerprint density at radius 1 is 1.36 bits per heavy atom. The Labute approximate surface area is 72.4 Å². The summed E-state index contributed by atoms with van der Waals surface area (Å²) >= 11 is 5.78. The van der Waals surface area contributed by atoms with Crippen LogP contribution < -0.4 is 0 Å². The number of hydrogen-bond donors (Lipinski definition) is 1. The Bertz CT molecular complexity index is 182. The highest BCUT2D eigenvalue weighted by molar-refractivity contribution is 6.29. The van der Waals surface area contributed by atoms with Crippen LogP contribution in [0.1, 0.15) is 25.7 Å². The molecule has 0 saturated heterocycles. The molecule has 0 aromatic rings. The van der Waals surface area contributed by atoms with E-state index in [1.165, 1.54) is 5.57 Å². The van der Waals surface area contributed by atoms with Gasteiger partial charge >= 0.3 is 0 Å². The van der Waals surface area contributed by atoms with Gasteiger partial charge in [-0.05, 0) is 31.8 Å². The molecule has 0 saturated carbocycles. The molecule has 2 heteroatoms. The average Bonchev–Trinajstić information content (AvgIpc) is 2.04. The molecule has 62 valence electrons. The largest absolute Gasteiger partial charge is 0.396 e. The minimum Gasteiger partial charge on any atom is -0.396 e. The SMILES string of the molecule is OCCCC1=CC=C(Cl)CC1. The molecule has 0 heterocycles. The van der Waals surface area contributed by atoms with E-state index in [1.807, 2.05) is 6.08 Å². The van der Waals surface area contributed by atoms with Crippen molar-refractivity contribution in [2.24, 2.45) is 0 Å². The van der Waals surface area contributed by atoms with Gasteiger partial charge in [-0.15, -0.1) is 0 Å². The molecule has 1 aliphatic carbocycles. The second kappa shape index (κ2) is 4.58. The number of allylic oxidation sites excluding steroid dienone is 4. The van der Waals surface area contributed by atoms with E-state index in [0.29, 0.717) is 0 Å². The van der Waals surface area contributed by atoms with Crippen molar-refractivity contribution >= 4 is 11.6 Å². The Balaban J connectivity index is 2.35. The summed E-state index contributed by atoms with van der Waals surface area (Å²) in [6, 6.07) is 0. The molecule has 0 atom stereocenters. The van der Waals surface area contributed by atoms with Crippen LogP contribution in [0.4, 0.5) is 0 Å². The van der Waals surface area contributed by atoms with Gasteiger partial charge in [0, 0.05) is 11.6 Å². The summed E-state index contributed by atoms with van der Waals surface area (Å²) in [7, 11) is 0. The Kier molecular flexibility index (Phi) is 3.67. The lowest BCUT2D eigenvalue weighted by molar-refractivity contribution is 0.288. The number of halogens is 1. The highest BCUT2D eigenvalue weighted by Crippen LogP contribution is 2.23. The topological polar surface area (TPSA) is 20.2 Å². The maximum absolute atomic E-state index is 8.58. The summed E-state index contributed by atoms with van der Waals surface area (Å²) < 4.78 is 0. The van der Waals surface area contributed by atoms with E-state index in [4.69, 9.17) is 16.7 Å². The van der Waals surface area contributed by atoms with Crippen LogP contribution in [0, 0.1) is 0 Å². The van der Waals surface area contributed by atoms with E-state index in [0.717, 1.165) is 30.7 Å². The monoisotopic (exact) mass is 172 g/mol. The van der Waals surface area contributed by atoms with Gasteiger partial charge in [-0.25, -0.2) is 0 Å². The highest BCUT2D eigenvalue weighted by Gasteiger charge is 2.03. The smallest absolute Gasteiger partial charge is 0.0434 e. The fraction of sp³-hybridized carbons (Fsp3) is 0.556. The first kappa shape index (κ1) is 8.82. The fourth-order valence-electron chi connectivity index (χ4n) is 1.17. The maximum atomic E-state index is 8.58. The van der Waals surface area contributed by atoms with Crippen LogP contribution in [0.25, 0.3) is 0 Å². The standard InChI is InChI=1S/C9H13ClO/c10-9-5-3-8(4-6-9)2-1-7-11/h3,5,11H,1-2,4,6-7H2. The molecule has 0 radical (unpaired) electrons. The van der Waals surface area contributed by atoms with Gasteiger partial charge in [0.2, 0.25) is 0 Å². The van der Waals surface area contributed by atoms with Gasteiger partial charge in [0.05, 0.1) is 0 Å². The molecule has 0 fully saturated rings. The summed E-state index contributed by atoms with van der Waals surface area (Å²) in [5, 5.41) is 9.52. The van der Waals surface area contributed by atoms with Crippen molar-refractivity contribution in [2.45, 2.75) is 25.7 Å². The van der Waals surface area contributed by atoms with Gasteiger partial charge in [0.15, 0.2) is 0 Å². The fourth-order valence-corrected chi connectivity index (χ4v) is 1.33.